The maximum absolute atomic E-state index is 9.25. The fourth-order valence-corrected chi connectivity index (χ4v) is 14.8. The number of aliphatic hydroxyl groups excluding tert-OH is 4. The summed E-state index contributed by atoms with van der Waals surface area (Å²) in [5.74, 6) is 1.88. The van der Waals surface area contributed by atoms with Gasteiger partial charge in [0.05, 0.1) is 141 Å². The summed E-state index contributed by atoms with van der Waals surface area (Å²) in [7, 11) is 0. The second-order valence-electron chi connectivity index (χ2n) is 18.9. The summed E-state index contributed by atoms with van der Waals surface area (Å²) < 4.78 is 74.6. The second kappa shape index (κ2) is 37.3. The minimum Gasteiger partial charge on any atom is -0.487 e. The predicted octanol–water partition coefficient (Wildman–Crippen LogP) is 7.33. The third-order valence-electron chi connectivity index (χ3n) is 13.0. The van der Waals surface area contributed by atoms with E-state index in [1.807, 2.05) is 48.5 Å². The monoisotopic (exact) mass is 1280 g/mol. The predicted molar refractivity (Wildman–Crippen MR) is 345 cm³/mol. The lowest BCUT2D eigenvalue weighted by Crippen LogP contribution is -2.19. The smallest absolute Gasteiger partial charge is 0.161 e. The van der Waals surface area contributed by atoms with Crippen LogP contribution in [0.4, 0.5) is 0 Å². The molecule has 0 atom stereocenters. The van der Waals surface area contributed by atoms with Crippen LogP contribution in [0.15, 0.2) is 122 Å². The summed E-state index contributed by atoms with van der Waals surface area (Å²) in [5, 5.41) is 42.2. The van der Waals surface area contributed by atoms with Gasteiger partial charge >= 0.3 is 0 Å². The summed E-state index contributed by atoms with van der Waals surface area (Å²) >= 11 is 6.70. The number of rotatable bonds is 40. The Kier molecular flexibility index (Phi) is 28.2. The highest BCUT2D eigenvalue weighted by atomic mass is 32.2. The van der Waals surface area contributed by atoms with Crippen molar-refractivity contribution in [1.29, 1.82) is 0 Å². The molecule has 3 aromatic carbocycles. The van der Waals surface area contributed by atoms with E-state index in [1.54, 1.807) is 96.6 Å². The van der Waals surface area contributed by atoms with E-state index in [0.717, 1.165) is 82.3 Å². The number of ether oxygens (including phenoxy) is 12. The van der Waals surface area contributed by atoms with Gasteiger partial charge in [-0.1, -0.05) is 47.0 Å². The minimum absolute atomic E-state index is 0.0793. The molecule has 0 radical (unpaired) electrons. The third kappa shape index (κ3) is 19.1. The van der Waals surface area contributed by atoms with E-state index < -0.39 is 0 Å². The molecule has 0 aliphatic carbocycles. The number of nitrogens with zero attached hydrogens (tertiary/aromatic N) is 4. The topological polar surface area (TPSA) is 243 Å². The fraction of sp³-hybridized carbons (Fsp3) is 0.375. The van der Waals surface area contributed by atoms with Crippen LogP contribution in [0.25, 0.3) is 49.6 Å². The molecule has 0 spiro atoms. The molecule has 24 heteroatoms. The van der Waals surface area contributed by atoms with Gasteiger partial charge in [0.15, 0.2) is 23.0 Å². The Morgan fingerprint density at radius 3 is 0.659 bits per heavy atom. The Morgan fingerprint density at radius 1 is 0.261 bits per heavy atom. The molecule has 88 heavy (non-hydrogen) atoms. The lowest BCUT2D eigenvalue weighted by molar-refractivity contribution is 0.0223. The first-order valence-corrected chi connectivity index (χ1v) is 32.1. The number of pyridine rings is 4. The lowest BCUT2D eigenvalue weighted by atomic mass is 9.97. The SMILES string of the molecule is OCCOCCOCCOc1cc2c(=C3SC(c4ccncc4)=C(c4ccncc4)S3)c3cc(OCCOCCOCCO)c(OCCOCCOCCO)cc3c(=C3SC(c4ccncc4)=C(c4ccncc4)S3)c2cc1OCCOCCOCCO. The number of aliphatic hydroxyl groups is 4. The van der Waals surface area contributed by atoms with Crippen molar-refractivity contribution in [1.82, 2.24) is 19.9 Å². The molecule has 0 fully saturated rings. The molecular formula is C64H72N4O16S4. The van der Waals surface area contributed by atoms with Gasteiger partial charge in [-0.3, -0.25) is 19.9 Å². The number of aromatic nitrogens is 4. The van der Waals surface area contributed by atoms with Crippen LogP contribution in [-0.2, 0) is 37.9 Å². The summed E-state index contributed by atoms with van der Waals surface area (Å²) in [6.45, 7) is 4.67. The zero-order valence-corrected chi connectivity index (χ0v) is 51.9. The normalized spacial score (nSPS) is 13.5. The molecule has 2 aliphatic heterocycles. The Morgan fingerprint density at radius 2 is 0.455 bits per heavy atom. The van der Waals surface area contributed by atoms with Crippen molar-refractivity contribution >= 4 is 96.7 Å². The maximum Gasteiger partial charge on any atom is 0.161 e. The zero-order chi connectivity index (χ0) is 60.8. The molecule has 0 bridgehead atoms. The van der Waals surface area contributed by atoms with Gasteiger partial charge in [-0.15, -0.1) is 0 Å². The van der Waals surface area contributed by atoms with Crippen LogP contribution >= 0.6 is 47.0 Å². The van der Waals surface area contributed by atoms with Crippen LogP contribution in [0.3, 0.4) is 0 Å². The quantitative estimate of drug-likeness (QED) is 0.0217. The van der Waals surface area contributed by atoms with Crippen LogP contribution in [0.5, 0.6) is 23.0 Å². The summed E-state index contributed by atoms with van der Waals surface area (Å²) in [5.41, 5.74) is 4.00. The molecule has 7 aromatic rings. The first-order valence-electron chi connectivity index (χ1n) is 28.8. The third-order valence-corrected chi connectivity index (χ3v) is 18.4. The molecule has 0 amide bonds. The average molecular weight is 1280 g/mol. The van der Waals surface area contributed by atoms with Gasteiger partial charge in [-0.25, -0.2) is 0 Å². The van der Waals surface area contributed by atoms with Crippen LogP contribution in [-0.4, -0.2) is 199 Å². The first-order chi connectivity index (χ1) is 43.6. The van der Waals surface area contributed by atoms with E-state index in [1.165, 1.54) is 0 Å². The average Bonchev–Trinajstić information content (AvgIpc) is 1.22. The number of hydrogen-bond donors (Lipinski definition) is 4. The molecule has 9 rings (SSSR count). The molecule has 2 aliphatic rings. The molecule has 0 saturated carbocycles. The van der Waals surface area contributed by atoms with E-state index in [9.17, 15) is 20.4 Å². The van der Waals surface area contributed by atoms with Crippen molar-refractivity contribution in [3.05, 3.63) is 155 Å². The maximum atomic E-state index is 9.25. The molecule has 0 saturated heterocycles. The summed E-state index contributed by atoms with van der Waals surface area (Å²) in [6.07, 6.45) is 14.4. The minimum atomic E-state index is -0.0793. The first kappa shape index (κ1) is 66.5. The summed E-state index contributed by atoms with van der Waals surface area (Å²) in [6, 6.07) is 24.4. The highest BCUT2D eigenvalue weighted by Gasteiger charge is 2.30. The Hall–Kier alpha value is -5.88. The molecule has 20 nitrogen and oxygen atoms in total. The van der Waals surface area contributed by atoms with E-state index >= 15 is 0 Å². The Bertz CT molecular complexity index is 3030. The molecule has 0 unspecified atom stereocenters. The van der Waals surface area contributed by atoms with Crippen LogP contribution < -0.4 is 29.4 Å². The van der Waals surface area contributed by atoms with Crippen LogP contribution in [0, 0.1) is 0 Å². The van der Waals surface area contributed by atoms with Crippen molar-refractivity contribution in [2.24, 2.45) is 0 Å². The molecule has 4 N–H and O–H groups in total. The van der Waals surface area contributed by atoms with Crippen LogP contribution in [0.1, 0.15) is 22.3 Å². The molecule has 6 heterocycles. The van der Waals surface area contributed by atoms with E-state index in [4.69, 9.17) is 56.8 Å². The zero-order valence-electron chi connectivity index (χ0n) is 48.6. The molecule has 4 aromatic heterocycles. The van der Waals surface area contributed by atoms with Crippen molar-refractivity contribution in [3.63, 3.8) is 0 Å². The van der Waals surface area contributed by atoms with Crippen LogP contribution in [0.2, 0.25) is 0 Å². The van der Waals surface area contributed by atoms with Gasteiger partial charge in [-0.2, -0.15) is 0 Å². The van der Waals surface area contributed by atoms with Gasteiger partial charge in [0.25, 0.3) is 0 Å². The number of hydrogen-bond acceptors (Lipinski definition) is 24. The van der Waals surface area contributed by atoms with Crippen molar-refractivity contribution in [2.75, 3.05) is 159 Å². The molecular weight excluding hydrogens is 1210 g/mol. The highest BCUT2D eigenvalue weighted by molar-refractivity contribution is 8.41. The van der Waals surface area contributed by atoms with Crippen molar-refractivity contribution < 1.29 is 77.3 Å². The highest BCUT2D eigenvalue weighted by Crippen LogP contribution is 2.60. The van der Waals surface area contributed by atoms with Crippen molar-refractivity contribution in [3.8, 4) is 23.0 Å². The number of fused-ring (bicyclic) bond motifs is 2. The van der Waals surface area contributed by atoms with Gasteiger partial charge in [0.2, 0.25) is 0 Å². The van der Waals surface area contributed by atoms with E-state index in [2.05, 4.69) is 44.2 Å². The Labute approximate surface area is 527 Å². The lowest BCUT2D eigenvalue weighted by Gasteiger charge is -2.19. The van der Waals surface area contributed by atoms with Gasteiger partial charge in [-0.05, 0) is 117 Å². The Balaban J connectivity index is 1.29. The largest absolute Gasteiger partial charge is 0.487 e. The fourth-order valence-electron chi connectivity index (χ4n) is 9.09. The standard InChI is InChI=1S/C64H72N4O16S4/c69-17-21-73-25-29-77-33-37-81-53-41-49-51(43-55(53)83-39-35-79-31-27-75-23-19-71)58(64-87-61(47-5-13-67-14-6-47)62(88-64)48-7-15-68-16-8-48)52-44-56(84-40-36-80-32-28-76-24-20-72)54(82-38-34-78-30-26-74-22-18-70)42-50(52)57(49)63-85-59(45-1-9-65-10-2-45)60(86-63)46-3-11-66-12-4-46/h1-16,41-44,69-72H,17-40H2. The van der Waals surface area contributed by atoms with E-state index in [0.29, 0.717) is 75.9 Å². The molecule has 468 valence electrons. The van der Waals surface area contributed by atoms with E-state index in [-0.39, 0.29) is 106 Å². The number of benzene rings is 3. The number of thioether (sulfide) groups is 4. The van der Waals surface area contributed by atoms with Crippen molar-refractivity contribution in [2.45, 2.75) is 0 Å². The van der Waals surface area contributed by atoms with Gasteiger partial charge < -0.3 is 77.3 Å². The van der Waals surface area contributed by atoms with Gasteiger partial charge in [0, 0.05) is 79.6 Å². The van der Waals surface area contributed by atoms with Gasteiger partial charge in [0.1, 0.15) is 26.4 Å². The summed E-state index contributed by atoms with van der Waals surface area (Å²) in [4.78, 5) is 21.7. The second-order valence-corrected chi connectivity index (χ2v) is 23.5.